The number of nitrogens with zero attached hydrogens (tertiary/aromatic N) is 4. The van der Waals surface area contributed by atoms with E-state index >= 15 is 0 Å². The third-order valence-electron chi connectivity index (χ3n) is 14.6. The Kier molecular flexibility index (Phi) is 13.8. The first-order chi connectivity index (χ1) is 30.9. The van der Waals surface area contributed by atoms with Gasteiger partial charge < -0.3 is 39.9 Å². The van der Waals surface area contributed by atoms with Gasteiger partial charge in [0.25, 0.3) is 0 Å². The predicted octanol–water partition coefficient (Wildman–Crippen LogP) is 9.02. The first-order valence-electron chi connectivity index (χ1n) is 23.6. The lowest BCUT2D eigenvalue weighted by atomic mass is 9.73. The van der Waals surface area contributed by atoms with Crippen molar-refractivity contribution in [3.05, 3.63) is 83.7 Å². The minimum absolute atomic E-state index is 0.0899. The topological polar surface area (TPSA) is 175 Å². The fourth-order valence-corrected chi connectivity index (χ4v) is 11.3. The van der Waals surface area contributed by atoms with Gasteiger partial charge in [0.15, 0.2) is 0 Å². The van der Waals surface area contributed by atoms with Gasteiger partial charge in [0.05, 0.1) is 37.7 Å². The molecule has 4 N–H and O–H groups in total. The number of benzene rings is 2. The molecule has 2 saturated heterocycles. The van der Waals surface area contributed by atoms with Gasteiger partial charge in [0, 0.05) is 36.6 Å². The molecule has 8 rings (SSSR count). The highest BCUT2D eigenvalue weighted by atomic mass is 16.5. The Morgan fingerprint density at radius 2 is 0.969 bits per heavy atom. The Balaban J connectivity index is 0.909. The average Bonchev–Trinajstić information content (AvgIpc) is 4.16. The van der Waals surface area contributed by atoms with Crippen LogP contribution in [-0.2, 0) is 19.1 Å². The number of imidazole rings is 2. The van der Waals surface area contributed by atoms with Crippen LogP contribution in [0.15, 0.2) is 60.9 Å². The van der Waals surface area contributed by atoms with Gasteiger partial charge in [-0.05, 0) is 98.0 Å². The number of alkyl carbamates (subject to hydrolysis) is 2. The predicted molar refractivity (Wildman–Crippen MR) is 244 cm³/mol. The standard InChI is InChI=1S/C50H66N8O6/c1-29(2)43(55-49(61)63-5)47(59)57-25-9-15-41(57)45-51-27-39(53-45)33-21-17-31(18-22-33)35-11-7-13-37(35)38-14-8-12-36(38)32-19-23-34(24-20-32)40-28-52-46(54-40)42-16-10-26-58(42)48(60)44(30(3)4)56-50(62)64-6/h17-24,27-30,35-38,41-44H,7-16,25-26H2,1-6H3,(H,51,53)(H,52,54)(H,55,61)(H,56,62)/t35?,36?,37?,38?,41-,42-,43-,44-/m0/s1. The van der Waals surface area contributed by atoms with Crippen molar-refractivity contribution in [3.63, 3.8) is 0 Å². The molecule has 342 valence electrons. The van der Waals surface area contributed by atoms with E-state index in [2.05, 4.69) is 69.1 Å². The Morgan fingerprint density at radius 1 is 0.578 bits per heavy atom. The Bertz CT molecular complexity index is 2090. The largest absolute Gasteiger partial charge is 0.453 e. The second-order valence-corrected chi connectivity index (χ2v) is 19.1. The molecule has 2 saturated carbocycles. The first-order valence-corrected chi connectivity index (χ1v) is 23.6. The number of carbonyl (C=O) groups is 4. The van der Waals surface area contributed by atoms with Gasteiger partial charge in [-0.3, -0.25) is 9.59 Å². The third-order valence-corrected chi connectivity index (χ3v) is 14.6. The third kappa shape index (κ3) is 9.28. The van der Waals surface area contributed by atoms with E-state index < -0.39 is 24.3 Å². The molecule has 2 aromatic carbocycles. The molecule has 4 fully saturated rings. The summed E-state index contributed by atoms with van der Waals surface area (Å²) < 4.78 is 9.59. The molecule has 4 aliphatic rings. The minimum atomic E-state index is -0.670. The van der Waals surface area contributed by atoms with Crippen LogP contribution in [0.2, 0.25) is 0 Å². The van der Waals surface area contributed by atoms with Crippen molar-refractivity contribution in [2.45, 2.75) is 128 Å². The zero-order chi connectivity index (χ0) is 45.1. The molecule has 2 aromatic heterocycles. The number of methoxy groups -OCH3 is 2. The van der Waals surface area contributed by atoms with Crippen LogP contribution in [0.5, 0.6) is 0 Å². The molecule has 4 amide bonds. The molecule has 0 radical (unpaired) electrons. The summed E-state index contributed by atoms with van der Waals surface area (Å²) in [6.07, 6.45) is 13.5. The van der Waals surface area contributed by atoms with E-state index in [0.29, 0.717) is 36.8 Å². The number of ether oxygens (including phenoxy) is 2. The lowest BCUT2D eigenvalue weighted by molar-refractivity contribution is -0.136. The number of hydrogen-bond donors (Lipinski definition) is 4. The zero-order valence-corrected chi connectivity index (χ0v) is 38.3. The van der Waals surface area contributed by atoms with E-state index in [4.69, 9.17) is 19.4 Å². The number of H-pyrrole nitrogens is 2. The monoisotopic (exact) mass is 875 g/mol. The van der Waals surface area contributed by atoms with E-state index in [1.807, 2.05) is 49.9 Å². The molecule has 64 heavy (non-hydrogen) atoms. The number of carbonyl (C=O) groups excluding carboxylic acids is 4. The van der Waals surface area contributed by atoms with Crippen molar-refractivity contribution >= 4 is 24.0 Å². The number of amides is 4. The van der Waals surface area contributed by atoms with Gasteiger partial charge in [-0.2, -0.15) is 0 Å². The Labute approximate surface area is 377 Å². The number of hydrogen-bond acceptors (Lipinski definition) is 8. The van der Waals surface area contributed by atoms with Crippen LogP contribution in [-0.4, -0.2) is 93.1 Å². The molecule has 0 bridgehead atoms. The first kappa shape index (κ1) is 44.9. The van der Waals surface area contributed by atoms with E-state index in [1.54, 1.807) is 0 Å². The molecule has 14 heteroatoms. The molecule has 4 aromatic rings. The van der Waals surface area contributed by atoms with Gasteiger partial charge in [-0.15, -0.1) is 0 Å². The second kappa shape index (κ2) is 19.6. The maximum atomic E-state index is 13.7. The van der Waals surface area contributed by atoms with Gasteiger partial charge in [0.2, 0.25) is 11.8 Å². The summed E-state index contributed by atoms with van der Waals surface area (Å²) in [5.41, 5.74) is 6.64. The number of likely N-dealkylation sites (tertiary alicyclic amines) is 2. The number of nitrogens with one attached hydrogen (secondary N) is 4. The van der Waals surface area contributed by atoms with Crippen molar-refractivity contribution in [2.24, 2.45) is 23.7 Å². The summed E-state index contributed by atoms with van der Waals surface area (Å²) in [7, 11) is 2.61. The summed E-state index contributed by atoms with van der Waals surface area (Å²) in [6, 6.07) is 16.4. The van der Waals surface area contributed by atoms with Gasteiger partial charge in [0.1, 0.15) is 23.7 Å². The molecule has 4 unspecified atom stereocenters. The van der Waals surface area contributed by atoms with Crippen molar-refractivity contribution in [3.8, 4) is 22.5 Å². The lowest BCUT2D eigenvalue weighted by Gasteiger charge is -2.31. The van der Waals surface area contributed by atoms with Crippen molar-refractivity contribution < 1.29 is 28.7 Å². The van der Waals surface area contributed by atoms with Crippen LogP contribution in [0.3, 0.4) is 0 Å². The lowest BCUT2D eigenvalue weighted by Crippen LogP contribution is -2.51. The van der Waals surface area contributed by atoms with Gasteiger partial charge >= 0.3 is 12.2 Å². The summed E-state index contributed by atoms with van der Waals surface area (Å²) in [6.45, 7) is 8.93. The highest BCUT2D eigenvalue weighted by Gasteiger charge is 2.42. The van der Waals surface area contributed by atoms with Gasteiger partial charge in [-0.1, -0.05) is 89.1 Å². The van der Waals surface area contributed by atoms with Crippen LogP contribution in [0, 0.1) is 23.7 Å². The van der Waals surface area contributed by atoms with E-state index in [9.17, 15) is 19.2 Å². The molecule has 8 atom stereocenters. The van der Waals surface area contributed by atoms with Crippen LogP contribution in [0.25, 0.3) is 22.5 Å². The smallest absolute Gasteiger partial charge is 0.407 e. The number of rotatable bonds is 13. The maximum absolute atomic E-state index is 13.7. The quantitative estimate of drug-likeness (QED) is 0.103. The molecular weight excluding hydrogens is 809 g/mol. The summed E-state index contributed by atoms with van der Waals surface area (Å²) in [5.74, 6) is 3.45. The zero-order valence-electron chi connectivity index (χ0n) is 38.3. The Hall–Kier alpha value is -5.66. The summed E-state index contributed by atoms with van der Waals surface area (Å²) in [5, 5.41) is 5.46. The van der Waals surface area contributed by atoms with Crippen molar-refractivity contribution in [2.75, 3.05) is 27.3 Å². The van der Waals surface area contributed by atoms with Crippen LogP contribution in [0.1, 0.15) is 139 Å². The minimum Gasteiger partial charge on any atom is -0.453 e. The number of aromatic nitrogens is 4. The van der Waals surface area contributed by atoms with Crippen LogP contribution >= 0.6 is 0 Å². The summed E-state index contributed by atoms with van der Waals surface area (Å²) >= 11 is 0. The van der Waals surface area contributed by atoms with Crippen molar-refractivity contribution in [1.82, 2.24) is 40.4 Å². The second-order valence-electron chi connectivity index (χ2n) is 19.1. The highest BCUT2D eigenvalue weighted by molar-refractivity contribution is 5.87. The molecule has 2 aliphatic carbocycles. The van der Waals surface area contributed by atoms with E-state index in [-0.39, 0.29) is 35.7 Å². The van der Waals surface area contributed by atoms with Crippen LogP contribution < -0.4 is 10.6 Å². The SMILES string of the molecule is COC(=O)N[C@H](C(=O)N1CCC[C@H]1c1nc(-c2ccc(C3CCCC3C3CCCC3c3ccc(-c4c[nH]c([C@@H]5CCCN5C(=O)[C@@H](NC(=O)OC)C(C)C)n4)cc3)cc2)c[nH]1)C(C)C. The maximum Gasteiger partial charge on any atom is 0.407 e. The highest BCUT2D eigenvalue weighted by Crippen LogP contribution is 2.53. The molecule has 0 spiro atoms. The van der Waals surface area contributed by atoms with Crippen LogP contribution in [0.4, 0.5) is 9.59 Å². The number of aromatic amines is 2. The summed E-state index contributed by atoms with van der Waals surface area (Å²) in [4.78, 5) is 71.8. The van der Waals surface area contributed by atoms with E-state index in [0.717, 1.165) is 59.8 Å². The van der Waals surface area contributed by atoms with E-state index in [1.165, 1.54) is 63.9 Å². The fraction of sp³-hybridized carbons (Fsp3) is 0.560. The van der Waals surface area contributed by atoms with Crippen molar-refractivity contribution in [1.29, 1.82) is 0 Å². The molecule has 14 nitrogen and oxygen atoms in total. The Morgan fingerprint density at radius 3 is 1.33 bits per heavy atom. The fourth-order valence-electron chi connectivity index (χ4n) is 11.3. The average molecular weight is 875 g/mol. The molecule has 2 aliphatic heterocycles. The molecular formula is C50H66N8O6. The molecule has 4 heterocycles. The van der Waals surface area contributed by atoms with Gasteiger partial charge in [-0.25, -0.2) is 19.6 Å². The normalized spacial score (nSPS) is 24.3.